The van der Waals surface area contributed by atoms with E-state index < -0.39 is 0 Å². The van der Waals surface area contributed by atoms with Crippen LogP contribution in [0.3, 0.4) is 0 Å². The molecule has 0 bridgehead atoms. The molecule has 1 aliphatic rings. The average molecular weight is 234 g/mol. The molecule has 1 aromatic rings. The molecule has 0 heterocycles. The van der Waals surface area contributed by atoms with Gasteiger partial charge in [-0.1, -0.05) is 43.0 Å². The predicted molar refractivity (Wildman–Crippen MR) is 67.7 cm³/mol. The third-order valence-electron chi connectivity index (χ3n) is 3.63. The van der Waals surface area contributed by atoms with Gasteiger partial charge in [-0.05, 0) is 30.5 Å². The number of hydrogen-bond donors (Lipinski definition) is 0. The highest BCUT2D eigenvalue weighted by atomic mass is 35.5. The van der Waals surface area contributed by atoms with Crippen molar-refractivity contribution in [2.45, 2.75) is 37.5 Å². The van der Waals surface area contributed by atoms with Crippen molar-refractivity contribution in [1.29, 1.82) is 0 Å². The summed E-state index contributed by atoms with van der Waals surface area (Å²) in [5, 5.41) is 0.785. The fraction of sp³-hybridized carbons (Fsp3) is 0.500. The highest BCUT2D eigenvalue weighted by Crippen LogP contribution is 2.40. The molecule has 0 aliphatic heterocycles. The Labute approximate surface area is 102 Å². The minimum atomic E-state index is 0.0743. The summed E-state index contributed by atoms with van der Waals surface area (Å²) in [5.41, 5.74) is 1.33. The summed E-state index contributed by atoms with van der Waals surface area (Å²) >= 11 is 6.05. The molecule has 1 aliphatic carbocycles. The summed E-state index contributed by atoms with van der Waals surface area (Å²) in [6.45, 7) is 7.76. The third-order valence-corrected chi connectivity index (χ3v) is 3.86. The largest absolute Gasteiger partial charge is 0.316 e. The number of benzene rings is 1. The first-order valence-electron chi connectivity index (χ1n) is 5.86. The van der Waals surface area contributed by atoms with Gasteiger partial charge < -0.3 is 4.85 Å². The van der Waals surface area contributed by atoms with Gasteiger partial charge >= 0.3 is 0 Å². The van der Waals surface area contributed by atoms with Crippen LogP contribution in [-0.4, -0.2) is 6.54 Å². The van der Waals surface area contributed by atoms with E-state index in [0.717, 1.165) is 17.9 Å². The molecule has 16 heavy (non-hydrogen) atoms. The molecule has 1 nitrogen and oxygen atoms in total. The summed E-state index contributed by atoms with van der Waals surface area (Å²) in [6, 6.07) is 8.07. The Hall–Kier alpha value is -1.00. The monoisotopic (exact) mass is 233 g/mol. The van der Waals surface area contributed by atoms with Gasteiger partial charge in [0, 0.05) is 5.02 Å². The molecule has 0 spiro atoms. The number of nitrogens with zero attached hydrogens (tertiary/aromatic N) is 1. The van der Waals surface area contributed by atoms with Crippen LogP contribution in [0.2, 0.25) is 5.02 Å². The van der Waals surface area contributed by atoms with Gasteiger partial charge in [0.15, 0.2) is 0 Å². The van der Waals surface area contributed by atoms with E-state index in [0.29, 0.717) is 6.54 Å². The molecule has 1 fully saturated rings. The zero-order valence-corrected chi connectivity index (χ0v) is 10.1. The van der Waals surface area contributed by atoms with Gasteiger partial charge in [0.25, 0.3) is 0 Å². The molecule has 1 saturated carbocycles. The lowest BCUT2D eigenvalue weighted by Crippen LogP contribution is -2.31. The summed E-state index contributed by atoms with van der Waals surface area (Å²) in [6.07, 6.45) is 6.05. The standard InChI is InChI=1S/C14H16ClN/c1-16-11-14(8-3-2-4-9-14)12-6-5-7-13(15)10-12/h5-7,10H,2-4,8-9,11H2. The van der Waals surface area contributed by atoms with Gasteiger partial charge in [-0.2, -0.15) is 0 Å². The van der Waals surface area contributed by atoms with Crippen molar-refractivity contribution in [2.75, 3.05) is 6.54 Å². The van der Waals surface area contributed by atoms with E-state index in [4.69, 9.17) is 18.2 Å². The molecule has 0 unspecified atom stereocenters. The van der Waals surface area contributed by atoms with Crippen molar-refractivity contribution in [3.63, 3.8) is 0 Å². The fourth-order valence-electron chi connectivity index (χ4n) is 2.74. The Morgan fingerprint density at radius 1 is 1.25 bits per heavy atom. The zero-order valence-electron chi connectivity index (χ0n) is 9.38. The first-order valence-corrected chi connectivity index (χ1v) is 6.24. The van der Waals surface area contributed by atoms with Crippen molar-refractivity contribution < 1.29 is 0 Å². The van der Waals surface area contributed by atoms with Gasteiger partial charge in [-0.25, -0.2) is 6.57 Å². The first kappa shape index (κ1) is 11.5. The molecule has 0 aromatic heterocycles. The Kier molecular flexibility index (Phi) is 3.51. The second-order valence-corrected chi connectivity index (χ2v) is 5.10. The summed E-state index contributed by atoms with van der Waals surface area (Å²) in [7, 11) is 0. The van der Waals surface area contributed by atoms with E-state index in [1.54, 1.807) is 0 Å². The number of halogens is 1. The molecular formula is C14H16ClN. The van der Waals surface area contributed by atoms with Crippen LogP contribution in [0, 0.1) is 6.57 Å². The van der Waals surface area contributed by atoms with E-state index in [-0.39, 0.29) is 5.41 Å². The van der Waals surface area contributed by atoms with E-state index in [2.05, 4.69) is 10.9 Å². The highest BCUT2D eigenvalue weighted by molar-refractivity contribution is 6.30. The average Bonchev–Trinajstić information content (AvgIpc) is 2.31. The molecule has 0 atom stereocenters. The topological polar surface area (TPSA) is 4.36 Å². The molecule has 2 heteroatoms. The molecular weight excluding hydrogens is 218 g/mol. The zero-order chi connectivity index (χ0) is 11.4. The fourth-order valence-corrected chi connectivity index (χ4v) is 2.93. The van der Waals surface area contributed by atoms with Crippen molar-refractivity contribution in [3.05, 3.63) is 46.3 Å². The quantitative estimate of drug-likeness (QED) is 0.665. The van der Waals surface area contributed by atoms with Crippen LogP contribution in [-0.2, 0) is 5.41 Å². The van der Waals surface area contributed by atoms with Crippen LogP contribution in [0.5, 0.6) is 0 Å². The van der Waals surface area contributed by atoms with Crippen molar-refractivity contribution >= 4 is 11.6 Å². The molecule has 0 saturated heterocycles. The summed E-state index contributed by atoms with van der Waals surface area (Å²) in [4.78, 5) is 3.64. The van der Waals surface area contributed by atoms with Crippen molar-refractivity contribution in [1.82, 2.24) is 0 Å². The Bertz CT molecular complexity index is 399. The second kappa shape index (κ2) is 4.89. The van der Waals surface area contributed by atoms with Crippen molar-refractivity contribution in [2.24, 2.45) is 0 Å². The normalized spacial score (nSPS) is 19.0. The first-order chi connectivity index (χ1) is 7.77. The lowest BCUT2D eigenvalue weighted by molar-refractivity contribution is 0.313. The summed E-state index contributed by atoms with van der Waals surface area (Å²) in [5.74, 6) is 0. The molecule has 0 radical (unpaired) electrons. The third kappa shape index (κ3) is 2.23. The highest BCUT2D eigenvalue weighted by Gasteiger charge is 2.37. The SMILES string of the molecule is [C-]#[N+]CC1(c2cccc(Cl)c2)CCCCC1. The van der Waals surface area contributed by atoms with Gasteiger partial charge in [-0.15, -0.1) is 0 Å². The predicted octanol–water partition coefficient (Wildman–Crippen LogP) is 4.46. The van der Waals surface area contributed by atoms with E-state index in [1.807, 2.05) is 18.2 Å². The lowest BCUT2D eigenvalue weighted by Gasteiger charge is -2.33. The molecule has 0 N–H and O–H groups in total. The Morgan fingerprint density at radius 2 is 2.00 bits per heavy atom. The molecule has 2 rings (SSSR count). The van der Waals surface area contributed by atoms with E-state index in [1.165, 1.54) is 24.8 Å². The lowest BCUT2D eigenvalue weighted by atomic mass is 9.69. The maximum atomic E-state index is 7.16. The maximum Gasteiger partial charge on any atom is 0.224 e. The van der Waals surface area contributed by atoms with Crippen LogP contribution < -0.4 is 0 Å². The van der Waals surface area contributed by atoms with Gasteiger partial charge in [-0.3, -0.25) is 0 Å². The van der Waals surface area contributed by atoms with Crippen LogP contribution >= 0.6 is 11.6 Å². The number of hydrogen-bond acceptors (Lipinski definition) is 0. The number of rotatable bonds is 2. The van der Waals surface area contributed by atoms with Crippen LogP contribution in [0.1, 0.15) is 37.7 Å². The van der Waals surface area contributed by atoms with Gasteiger partial charge in [0.2, 0.25) is 6.54 Å². The molecule has 0 amide bonds. The summed E-state index contributed by atoms with van der Waals surface area (Å²) < 4.78 is 0. The van der Waals surface area contributed by atoms with Gasteiger partial charge in [0.05, 0.1) is 5.41 Å². The van der Waals surface area contributed by atoms with E-state index in [9.17, 15) is 0 Å². The van der Waals surface area contributed by atoms with Crippen LogP contribution in [0.15, 0.2) is 24.3 Å². The Morgan fingerprint density at radius 3 is 2.62 bits per heavy atom. The Balaban J connectivity index is 2.35. The minimum absolute atomic E-state index is 0.0743. The van der Waals surface area contributed by atoms with Crippen LogP contribution in [0.4, 0.5) is 0 Å². The smallest absolute Gasteiger partial charge is 0.224 e. The molecule has 1 aromatic carbocycles. The second-order valence-electron chi connectivity index (χ2n) is 4.67. The van der Waals surface area contributed by atoms with Crippen molar-refractivity contribution in [3.8, 4) is 0 Å². The van der Waals surface area contributed by atoms with E-state index >= 15 is 0 Å². The van der Waals surface area contributed by atoms with Gasteiger partial charge in [0.1, 0.15) is 0 Å². The minimum Gasteiger partial charge on any atom is -0.316 e. The molecule has 84 valence electrons. The maximum absolute atomic E-state index is 7.16. The van der Waals surface area contributed by atoms with Crippen LogP contribution in [0.25, 0.3) is 4.85 Å².